The van der Waals surface area contributed by atoms with Gasteiger partial charge in [0.15, 0.2) is 0 Å². The second-order valence-electron chi connectivity index (χ2n) is 4.01. The molecule has 0 radical (unpaired) electrons. The van der Waals surface area contributed by atoms with Gasteiger partial charge in [-0.1, -0.05) is 6.92 Å². The lowest BCUT2D eigenvalue weighted by Crippen LogP contribution is -2.38. The molecule has 0 spiro atoms. The number of nitrogens with zero attached hydrogens (tertiary/aromatic N) is 2. The number of carbonyl (C=O) groups is 1. The van der Waals surface area contributed by atoms with Crippen LogP contribution in [0, 0.1) is 12.8 Å². The summed E-state index contributed by atoms with van der Waals surface area (Å²) in [5, 5.41) is 2.78. The van der Waals surface area contributed by atoms with Gasteiger partial charge in [-0.05, 0) is 13.8 Å². The Morgan fingerprint density at radius 3 is 2.62 bits per heavy atom. The van der Waals surface area contributed by atoms with Crippen molar-refractivity contribution in [3.05, 3.63) is 23.8 Å². The highest BCUT2D eigenvalue weighted by Gasteiger charge is 2.16. The third-order valence-electron chi connectivity index (χ3n) is 2.48. The van der Waals surface area contributed by atoms with Gasteiger partial charge in [0.2, 0.25) is 5.91 Å². The molecule has 1 aromatic heterocycles. The van der Waals surface area contributed by atoms with E-state index in [2.05, 4.69) is 15.3 Å². The molecule has 88 valence electrons. The molecule has 5 heteroatoms. The van der Waals surface area contributed by atoms with E-state index in [0.717, 1.165) is 11.4 Å². The minimum absolute atomic E-state index is 0.0580. The quantitative estimate of drug-likeness (QED) is 0.772. The van der Waals surface area contributed by atoms with Crippen molar-refractivity contribution >= 4 is 5.91 Å². The molecule has 0 bridgehead atoms. The van der Waals surface area contributed by atoms with E-state index in [0.29, 0.717) is 6.54 Å². The molecule has 0 fully saturated rings. The number of aromatic nitrogens is 2. The molecule has 5 nitrogen and oxygen atoms in total. The molecule has 1 rings (SSSR count). The predicted molar refractivity (Wildman–Crippen MR) is 61.4 cm³/mol. The largest absolute Gasteiger partial charge is 0.350 e. The van der Waals surface area contributed by atoms with Gasteiger partial charge in [-0.25, -0.2) is 0 Å². The van der Waals surface area contributed by atoms with Crippen LogP contribution < -0.4 is 11.1 Å². The number of amides is 1. The minimum atomic E-state index is -0.196. The second kappa shape index (κ2) is 5.55. The van der Waals surface area contributed by atoms with Crippen LogP contribution in [-0.4, -0.2) is 21.9 Å². The molecule has 0 aliphatic carbocycles. The normalized spacial score (nSPS) is 14.2. The summed E-state index contributed by atoms with van der Waals surface area (Å²) in [5.41, 5.74) is 7.24. The lowest BCUT2D eigenvalue weighted by atomic mass is 10.0. The number of nitrogens with two attached hydrogens (primary N) is 1. The van der Waals surface area contributed by atoms with Crippen LogP contribution in [-0.2, 0) is 11.3 Å². The van der Waals surface area contributed by atoms with Gasteiger partial charge in [0.25, 0.3) is 0 Å². The fraction of sp³-hybridized carbons (Fsp3) is 0.545. The Morgan fingerprint density at radius 1 is 1.44 bits per heavy atom. The molecule has 2 atom stereocenters. The van der Waals surface area contributed by atoms with Crippen LogP contribution in [0.5, 0.6) is 0 Å². The molecule has 1 aromatic rings. The first-order valence-corrected chi connectivity index (χ1v) is 5.31. The number of rotatable bonds is 4. The molecule has 3 N–H and O–H groups in total. The van der Waals surface area contributed by atoms with E-state index < -0.39 is 0 Å². The topological polar surface area (TPSA) is 80.9 Å². The number of nitrogens with one attached hydrogen (secondary N) is 1. The van der Waals surface area contributed by atoms with Crippen LogP contribution >= 0.6 is 0 Å². The third kappa shape index (κ3) is 3.58. The summed E-state index contributed by atoms with van der Waals surface area (Å²) in [5.74, 6) is -0.254. The van der Waals surface area contributed by atoms with Gasteiger partial charge in [-0.15, -0.1) is 0 Å². The summed E-state index contributed by atoms with van der Waals surface area (Å²) in [7, 11) is 0. The van der Waals surface area contributed by atoms with E-state index in [-0.39, 0.29) is 17.9 Å². The lowest BCUT2D eigenvalue weighted by Gasteiger charge is -2.14. The van der Waals surface area contributed by atoms with Gasteiger partial charge >= 0.3 is 0 Å². The van der Waals surface area contributed by atoms with Crippen molar-refractivity contribution < 1.29 is 4.79 Å². The first kappa shape index (κ1) is 12.6. The zero-order valence-corrected chi connectivity index (χ0v) is 9.90. The first-order chi connectivity index (χ1) is 7.50. The second-order valence-corrected chi connectivity index (χ2v) is 4.01. The van der Waals surface area contributed by atoms with Crippen LogP contribution in [0.2, 0.25) is 0 Å². The maximum Gasteiger partial charge on any atom is 0.224 e. The van der Waals surface area contributed by atoms with Gasteiger partial charge in [-0.2, -0.15) is 0 Å². The Hall–Kier alpha value is -1.49. The summed E-state index contributed by atoms with van der Waals surface area (Å²) >= 11 is 0. The van der Waals surface area contributed by atoms with Crippen molar-refractivity contribution in [1.29, 1.82) is 0 Å². The van der Waals surface area contributed by atoms with E-state index >= 15 is 0 Å². The number of hydrogen-bond donors (Lipinski definition) is 2. The van der Waals surface area contributed by atoms with Crippen molar-refractivity contribution in [2.45, 2.75) is 33.4 Å². The third-order valence-corrected chi connectivity index (χ3v) is 2.48. The molecule has 0 saturated carbocycles. The molecule has 2 unspecified atom stereocenters. The number of aryl methyl sites for hydroxylation is 1. The SMILES string of the molecule is Cc1cnc(CNC(=O)C(C)C(C)N)cn1. The minimum Gasteiger partial charge on any atom is -0.350 e. The predicted octanol–water partition coefficient (Wildman–Crippen LogP) is 0.385. The standard InChI is InChI=1S/C11H18N4O/c1-7-4-14-10(5-13-7)6-15-11(16)8(2)9(3)12/h4-5,8-9H,6,12H2,1-3H3,(H,15,16). The van der Waals surface area contributed by atoms with Gasteiger partial charge in [-0.3, -0.25) is 14.8 Å². The van der Waals surface area contributed by atoms with Crippen molar-refractivity contribution in [3.8, 4) is 0 Å². The van der Waals surface area contributed by atoms with Crippen LogP contribution in [0.4, 0.5) is 0 Å². The summed E-state index contributed by atoms with van der Waals surface area (Å²) in [4.78, 5) is 19.8. The molecule has 1 amide bonds. The van der Waals surface area contributed by atoms with Gasteiger partial charge < -0.3 is 11.1 Å². The monoisotopic (exact) mass is 222 g/mol. The maximum absolute atomic E-state index is 11.6. The fourth-order valence-electron chi connectivity index (χ4n) is 1.09. The Balaban J connectivity index is 2.46. The molecule has 0 saturated heterocycles. The van der Waals surface area contributed by atoms with E-state index in [9.17, 15) is 4.79 Å². The Kier molecular flexibility index (Phi) is 4.37. The van der Waals surface area contributed by atoms with Crippen LogP contribution in [0.3, 0.4) is 0 Å². The molecule has 16 heavy (non-hydrogen) atoms. The van der Waals surface area contributed by atoms with Crippen LogP contribution in [0.15, 0.2) is 12.4 Å². The Labute approximate surface area is 95.5 Å². The van der Waals surface area contributed by atoms with Gasteiger partial charge in [0.1, 0.15) is 0 Å². The molecule has 0 aliphatic heterocycles. The highest BCUT2D eigenvalue weighted by Crippen LogP contribution is 2.00. The van der Waals surface area contributed by atoms with Crippen molar-refractivity contribution in [2.75, 3.05) is 0 Å². The maximum atomic E-state index is 11.6. The van der Waals surface area contributed by atoms with Gasteiger partial charge in [0.05, 0.1) is 24.1 Å². The summed E-state index contributed by atoms with van der Waals surface area (Å²) in [6.45, 7) is 5.88. The van der Waals surface area contributed by atoms with Gasteiger partial charge in [0, 0.05) is 18.2 Å². The number of carbonyl (C=O) groups excluding carboxylic acids is 1. The zero-order valence-electron chi connectivity index (χ0n) is 9.90. The van der Waals surface area contributed by atoms with E-state index in [4.69, 9.17) is 5.73 Å². The van der Waals surface area contributed by atoms with E-state index in [1.54, 1.807) is 19.3 Å². The average Bonchev–Trinajstić information content (AvgIpc) is 2.26. The lowest BCUT2D eigenvalue weighted by molar-refractivity contribution is -0.125. The van der Waals surface area contributed by atoms with E-state index in [1.807, 2.05) is 13.8 Å². The highest BCUT2D eigenvalue weighted by atomic mass is 16.1. The zero-order chi connectivity index (χ0) is 12.1. The molecule has 0 aromatic carbocycles. The summed E-state index contributed by atoms with van der Waals surface area (Å²) in [6.07, 6.45) is 3.34. The summed E-state index contributed by atoms with van der Waals surface area (Å²) < 4.78 is 0. The molecular formula is C11H18N4O. The molecule has 0 aliphatic rings. The number of hydrogen-bond acceptors (Lipinski definition) is 4. The Morgan fingerprint density at radius 2 is 2.12 bits per heavy atom. The average molecular weight is 222 g/mol. The summed E-state index contributed by atoms with van der Waals surface area (Å²) in [6, 6.07) is -0.149. The highest BCUT2D eigenvalue weighted by molar-refractivity contribution is 5.78. The van der Waals surface area contributed by atoms with Crippen LogP contribution in [0.25, 0.3) is 0 Å². The van der Waals surface area contributed by atoms with Crippen molar-refractivity contribution in [3.63, 3.8) is 0 Å². The molecular weight excluding hydrogens is 204 g/mol. The smallest absolute Gasteiger partial charge is 0.224 e. The first-order valence-electron chi connectivity index (χ1n) is 5.31. The van der Waals surface area contributed by atoms with Crippen molar-refractivity contribution in [2.24, 2.45) is 11.7 Å². The van der Waals surface area contributed by atoms with Crippen LogP contribution in [0.1, 0.15) is 25.2 Å². The fourth-order valence-corrected chi connectivity index (χ4v) is 1.09. The van der Waals surface area contributed by atoms with E-state index in [1.165, 1.54) is 0 Å². The van der Waals surface area contributed by atoms with Crippen molar-refractivity contribution in [1.82, 2.24) is 15.3 Å². The molecule has 1 heterocycles. The Bertz CT molecular complexity index is 348.